The number of carbonyl (C=O) groups excluding carboxylic acids is 1. The third-order valence-electron chi connectivity index (χ3n) is 2.03. The molecule has 82 valence electrons. The number of hydrogen-bond donors (Lipinski definition) is 1. The number of carbonyl (C=O) groups is 1. The predicted molar refractivity (Wildman–Crippen MR) is 59.0 cm³/mol. The summed E-state index contributed by atoms with van der Waals surface area (Å²) in [5, 5.41) is 0. The number of anilines is 1. The van der Waals surface area contributed by atoms with Gasteiger partial charge in [-0.15, -0.1) is 0 Å². The molecule has 0 aliphatic carbocycles. The highest BCUT2D eigenvalue weighted by molar-refractivity contribution is 5.89. The van der Waals surface area contributed by atoms with Crippen molar-refractivity contribution in [3.05, 3.63) is 48.4 Å². The molecular formula is C11H11N3O2. The summed E-state index contributed by atoms with van der Waals surface area (Å²) in [6.45, 7) is 0. The summed E-state index contributed by atoms with van der Waals surface area (Å²) in [6, 6.07) is 7.01. The van der Waals surface area contributed by atoms with Gasteiger partial charge in [-0.25, -0.2) is 9.78 Å². The van der Waals surface area contributed by atoms with Gasteiger partial charge in [-0.3, -0.25) is 10.1 Å². The molecule has 2 aromatic rings. The second kappa shape index (κ2) is 4.48. The molecule has 0 amide bonds. The van der Waals surface area contributed by atoms with Gasteiger partial charge >= 0.3 is 5.97 Å². The third kappa shape index (κ3) is 2.20. The van der Waals surface area contributed by atoms with E-state index in [2.05, 4.69) is 15.1 Å². The molecule has 0 bridgehead atoms. The quantitative estimate of drug-likeness (QED) is 0.792. The number of pyridine rings is 1. The molecule has 2 rings (SSSR count). The molecule has 0 fully saturated rings. The fraction of sp³-hybridized carbons (Fsp3) is 0.0909. The molecule has 5 nitrogen and oxygen atoms in total. The van der Waals surface area contributed by atoms with Crippen molar-refractivity contribution in [3.8, 4) is 0 Å². The molecule has 0 saturated carbocycles. The van der Waals surface area contributed by atoms with Crippen molar-refractivity contribution in [3.63, 3.8) is 0 Å². The Bertz CT molecular complexity index is 480. The van der Waals surface area contributed by atoms with Crippen molar-refractivity contribution in [2.45, 2.75) is 0 Å². The Hall–Kier alpha value is -2.30. The smallest absolute Gasteiger partial charge is 0.338 e. The van der Waals surface area contributed by atoms with Crippen molar-refractivity contribution in [2.24, 2.45) is 0 Å². The van der Waals surface area contributed by atoms with E-state index in [1.807, 2.05) is 24.5 Å². The Balaban J connectivity index is 2.19. The van der Waals surface area contributed by atoms with Crippen LogP contribution in [0.1, 0.15) is 10.4 Å². The van der Waals surface area contributed by atoms with Crippen molar-refractivity contribution in [1.82, 2.24) is 9.66 Å². The van der Waals surface area contributed by atoms with Crippen LogP contribution in [0.3, 0.4) is 0 Å². The minimum atomic E-state index is -0.377. The summed E-state index contributed by atoms with van der Waals surface area (Å²) in [7, 11) is 1.35. The Morgan fingerprint density at radius 2 is 2.19 bits per heavy atom. The number of methoxy groups -OCH3 is 1. The number of esters is 1. The minimum absolute atomic E-state index is 0.377. The summed E-state index contributed by atoms with van der Waals surface area (Å²) in [4.78, 5) is 15.4. The Morgan fingerprint density at radius 3 is 2.88 bits per heavy atom. The van der Waals surface area contributed by atoms with E-state index >= 15 is 0 Å². The van der Waals surface area contributed by atoms with Crippen molar-refractivity contribution >= 4 is 11.8 Å². The lowest BCUT2D eigenvalue weighted by atomic mass is 10.2. The van der Waals surface area contributed by atoms with Gasteiger partial charge in [0.15, 0.2) is 0 Å². The van der Waals surface area contributed by atoms with Gasteiger partial charge in [0, 0.05) is 18.6 Å². The fourth-order valence-corrected chi connectivity index (χ4v) is 1.28. The number of rotatable bonds is 3. The number of aromatic nitrogens is 2. The van der Waals surface area contributed by atoms with E-state index in [1.54, 1.807) is 23.0 Å². The maximum absolute atomic E-state index is 11.3. The summed E-state index contributed by atoms with van der Waals surface area (Å²) >= 11 is 0. The third-order valence-corrected chi connectivity index (χ3v) is 2.03. The van der Waals surface area contributed by atoms with Gasteiger partial charge in [0.05, 0.1) is 12.7 Å². The standard InChI is InChI=1S/C11H11N3O2/c1-16-11(15)9-4-5-12-10(8-9)13-14-6-2-3-7-14/h2-8H,1H3,(H,12,13). The zero-order valence-electron chi connectivity index (χ0n) is 8.75. The van der Waals surface area contributed by atoms with Crippen LogP contribution in [-0.2, 0) is 4.74 Å². The highest BCUT2D eigenvalue weighted by Crippen LogP contribution is 2.08. The molecule has 5 heteroatoms. The molecule has 0 radical (unpaired) electrons. The van der Waals surface area contributed by atoms with E-state index in [4.69, 9.17) is 0 Å². The SMILES string of the molecule is COC(=O)c1ccnc(Nn2cccc2)c1. The van der Waals surface area contributed by atoms with E-state index in [9.17, 15) is 4.79 Å². The van der Waals surface area contributed by atoms with Crippen molar-refractivity contribution in [1.29, 1.82) is 0 Å². The highest BCUT2D eigenvalue weighted by Gasteiger charge is 2.05. The first-order valence-electron chi connectivity index (χ1n) is 4.74. The number of hydrogen-bond acceptors (Lipinski definition) is 4. The van der Waals surface area contributed by atoms with Gasteiger partial charge < -0.3 is 4.74 Å². The van der Waals surface area contributed by atoms with E-state index in [1.165, 1.54) is 7.11 Å². The Labute approximate surface area is 92.7 Å². The second-order valence-electron chi connectivity index (χ2n) is 3.12. The van der Waals surface area contributed by atoms with Crippen LogP contribution >= 0.6 is 0 Å². The molecule has 0 unspecified atom stereocenters. The van der Waals surface area contributed by atoms with Crippen LogP contribution in [-0.4, -0.2) is 22.7 Å². The summed E-state index contributed by atoms with van der Waals surface area (Å²) in [6.07, 6.45) is 5.23. The van der Waals surface area contributed by atoms with Gasteiger partial charge in [-0.05, 0) is 24.3 Å². The van der Waals surface area contributed by atoms with Gasteiger partial charge in [0.1, 0.15) is 5.82 Å². The maximum atomic E-state index is 11.3. The molecule has 0 spiro atoms. The predicted octanol–water partition coefficient (Wildman–Crippen LogP) is 1.54. The van der Waals surface area contributed by atoms with Crippen molar-refractivity contribution in [2.75, 3.05) is 12.5 Å². The molecule has 0 aliphatic rings. The average Bonchev–Trinajstić information content (AvgIpc) is 2.81. The van der Waals surface area contributed by atoms with Crippen LogP contribution in [0.25, 0.3) is 0 Å². The summed E-state index contributed by atoms with van der Waals surface area (Å²) < 4.78 is 6.36. The molecular weight excluding hydrogens is 206 g/mol. The lowest BCUT2D eigenvalue weighted by molar-refractivity contribution is 0.0600. The van der Waals surface area contributed by atoms with Crippen molar-refractivity contribution < 1.29 is 9.53 Å². The van der Waals surface area contributed by atoms with E-state index in [0.29, 0.717) is 11.4 Å². The maximum Gasteiger partial charge on any atom is 0.338 e. The van der Waals surface area contributed by atoms with Crippen LogP contribution < -0.4 is 5.43 Å². The zero-order chi connectivity index (χ0) is 11.4. The van der Waals surface area contributed by atoms with E-state index in [0.717, 1.165) is 0 Å². The van der Waals surface area contributed by atoms with Crippen LogP contribution in [0.5, 0.6) is 0 Å². The molecule has 0 aromatic carbocycles. The highest BCUT2D eigenvalue weighted by atomic mass is 16.5. The zero-order valence-corrected chi connectivity index (χ0v) is 8.75. The second-order valence-corrected chi connectivity index (χ2v) is 3.12. The largest absolute Gasteiger partial charge is 0.465 e. The topological polar surface area (TPSA) is 56.1 Å². The summed E-state index contributed by atoms with van der Waals surface area (Å²) in [5.74, 6) is 0.206. The first-order valence-corrected chi connectivity index (χ1v) is 4.74. The summed E-state index contributed by atoms with van der Waals surface area (Å²) in [5.41, 5.74) is 3.47. The lowest BCUT2D eigenvalue weighted by Gasteiger charge is -2.07. The number of nitrogens with zero attached hydrogens (tertiary/aromatic N) is 2. The molecule has 2 heterocycles. The Kier molecular flexibility index (Phi) is 2.86. The van der Waals surface area contributed by atoms with Crippen LogP contribution in [0.15, 0.2) is 42.9 Å². The normalized spacial score (nSPS) is 9.81. The van der Waals surface area contributed by atoms with E-state index in [-0.39, 0.29) is 5.97 Å². The number of nitrogens with one attached hydrogen (secondary N) is 1. The minimum Gasteiger partial charge on any atom is -0.465 e. The monoisotopic (exact) mass is 217 g/mol. The van der Waals surface area contributed by atoms with Gasteiger partial charge in [0.25, 0.3) is 0 Å². The first-order chi connectivity index (χ1) is 7.79. The molecule has 0 saturated heterocycles. The Morgan fingerprint density at radius 1 is 1.44 bits per heavy atom. The molecule has 16 heavy (non-hydrogen) atoms. The first kappa shape index (κ1) is 10.2. The number of ether oxygens (including phenoxy) is 1. The molecule has 1 N–H and O–H groups in total. The van der Waals surface area contributed by atoms with E-state index < -0.39 is 0 Å². The van der Waals surface area contributed by atoms with Gasteiger partial charge in [-0.1, -0.05) is 0 Å². The molecule has 0 atom stereocenters. The van der Waals surface area contributed by atoms with Crippen LogP contribution in [0.2, 0.25) is 0 Å². The van der Waals surface area contributed by atoms with Gasteiger partial charge in [-0.2, -0.15) is 0 Å². The molecule has 0 aliphatic heterocycles. The average molecular weight is 217 g/mol. The van der Waals surface area contributed by atoms with Gasteiger partial charge in [0.2, 0.25) is 0 Å². The van der Waals surface area contributed by atoms with Crippen LogP contribution in [0, 0.1) is 0 Å². The fourth-order valence-electron chi connectivity index (χ4n) is 1.28. The molecule has 2 aromatic heterocycles. The van der Waals surface area contributed by atoms with Crippen LogP contribution in [0.4, 0.5) is 5.82 Å². The lowest BCUT2D eigenvalue weighted by Crippen LogP contribution is -2.09.